The SMILES string of the molecule is COC(=O)c1ccc(Cl)c(S(=O)(=O)NNc2ccc(S(=O)(=O)N3CCCCC3)cn2)c1. The van der Waals surface area contributed by atoms with E-state index in [9.17, 15) is 21.6 Å². The first kappa shape index (κ1) is 23.4. The molecule has 1 aliphatic rings. The van der Waals surface area contributed by atoms with Gasteiger partial charge in [0.05, 0.1) is 17.7 Å². The van der Waals surface area contributed by atoms with Crippen LogP contribution < -0.4 is 10.3 Å². The number of carbonyl (C=O) groups is 1. The topological polar surface area (TPSA) is 135 Å². The van der Waals surface area contributed by atoms with E-state index >= 15 is 0 Å². The van der Waals surface area contributed by atoms with Crippen molar-refractivity contribution >= 4 is 43.4 Å². The van der Waals surface area contributed by atoms with Gasteiger partial charge in [0.1, 0.15) is 15.6 Å². The predicted octanol–water partition coefficient (Wildman–Crippen LogP) is 2.00. The Morgan fingerprint density at radius 3 is 2.42 bits per heavy atom. The minimum Gasteiger partial charge on any atom is -0.465 e. The summed E-state index contributed by atoms with van der Waals surface area (Å²) in [7, 11) is -6.65. The molecule has 0 saturated carbocycles. The molecule has 1 saturated heterocycles. The number of ether oxygens (including phenoxy) is 1. The summed E-state index contributed by atoms with van der Waals surface area (Å²) in [4.78, 5) is 17.4. The number of methoxy groups -OCH3 is 1. The molecule has 0 bridgehead atoms. The Morgan fingerprint density at radius 2 is 1.81 bits per heavy atom. The summed E-state index contributed by atoms with van der Waals surface area (Å²) in [6.07, 6.45) is 3.78. The minimum absolute atomic E-state index is 0.0117. The Labute approximate surface area is 185 Å². The molecule has 31 heavy (non-hydrogen) atoms. The molecule has 0 atom stereocenters. The third kappa shape index (κ3) is 5.33. The smallest absolute Gasteiger partial charge is 0.337 e. The second-order valence-corrected chi connectivity index (χ2v) is 10.7. The maximum absolute atomic E-state index is 12.7. The quantitative estimate of drug-likeness (QED) is 0.446. The van der Waals surface area contributed by atoms with Crippen molar-refractivity contribution in [2.24, 2.45) is 0 Å². The van der Waals surface area contributed by atoms with Crippen LogP contribution in [-0.2, 0) is 24.8 Å². The Balaban J connectivity index is 1.73. The summed E-state index contributed by atoms with van der Waals surface area (Å²) in [5, 5.41) is -0.0992. The van der Waals surface area contributed by atoms with Crippen molar-refractivity contribution in [3.8, 4) is 0 Å². The fourth-order valence-corrected chi connectivity index (χ4v) is 5.83. The third-order valence-electron chi connectivity index (χ3n) is 4.64. The standard InChI is InChI=1S/C18H21ClN4O6S2/c1-29-18(24)13-5-7-15(19)16(11-13)30(25,26)22-21-17-8-6-14(12-20-17)31(27,28)23-9-3-2-4-10-23/h5-8,11-12,22H,2-4,9-10H2,1H3,(H,20,21). The average Bonchev–Trinajstić information content (AvgIpc) is 2.78. The van der Waals surface area contributed by atoms with Gasteiger partial charge in [-0.05, 0) is 43.2 Å². The molecule has 2 N–H and O–H groups in total. The van der Waals surface area contributed by atoms with Crippen molar-refractivity contribution in [2.45, 2.75) is 29.1 Å². The molecule has 0 unspecified atom stereocenters. The summed E-state index contributed by atoms with van der Waals surface area (Å²) < 4.78 is 56.5. The van der Waals surface area contributed by atoms with Gasteiger partial charge in [-0.25, -0.2) is 26.6 Å². The molecule has 0 radical (unpaired) electrons. The van der Waals surface area contributed by atoms with Crippen LogP contribution in [0.2, 0.25) is 5.02 Å². The summed E-state index contributed by atoms with van der Waals surface area (Å²) in [5.74, 6) is -0.644. The highest BCUT2D eigenvalue weighted by molar-refractivity contribution is 7.89. The number of carbonyl (C=O) groups excluding carboxylic acids is 1. The second-order valence-electron chi connectivity index (χ2n) is 6.71. The minimum atomic E-state index is -4.18. The van der Waals surface area contributed by atoms with Crippen LogP contribution in [0.5, 0.6) is 0 Å². The van der Waals surface area contributed by atoms with Crippen molar-refractivity contribution in [3.05, 3.63) is 47.1 Å². The van der Waals surface area contributed by atoms with Gasteiger partial charge in [0.15, 0.2) is 0 Å². The van der Waals surface area contributed by atoms with Crippen LogP contribution >= 0.6 is 11.6 Å². The molecule has 0 spiro atoms. The highest BCUT2D eigenvalue weighted by Gasteiger charge is 2.26. The zero-order valence-electron chi connectivity index (χ0n) is 16.5. The van der Waals surface area contributed by atoms with Gasteiger partial charge in [0.25, 0.3) is 10.0 Å². The monoisotopic (exact) mass is 488 g/mol. The lowest BCUT2D eigenvalue weighted by molar-refractivity contribution is 0.0600. The van der Waals surface area contributed by atoms with Crippen LogP contribution in [0.3, 0.4) is 0 Å². The highest BCUT2D eigenvalue weighted by Crippen LogP contribution is 2.24. The lowest BCUT2D eigenvalue weighted by Gasteiger charge is -2.25. The average molecular weight is 489 g/mol. The molecular formula is C18H21ClN4O6S2. The van der Waals surface area contributed by atoms with E-state index in [1.807, 2.05) is 0 Å². The lowest BCUT2D eigenvalue weighted by Crippen LogP contribution is -2.35. The fourth-order valence-electron chi connectivity index (χ4n) is 2.99. The van der Waals surface area contributed by atoms with Crippen LogP contribution in [0.25, 0.3) is 0 Å². The molecular weight excluding hydrogens is 468 g/mol. The number of pyridine rings is 1. The molecule has 2 heterocycles. The normalized spacial score (nSPS) is 15.4. The van der Waals surface area contributed by atoms with Gasteiger partial charge in [-0.1, -0.05) is 18.0 Å². The maximum Gasteiger partial charge on any atom is 0.337 e. The number of hydrogen-bond donors (Lipinski definition) is 2. The molecule has 10 nitrogen and oxygen atoms in total. The maximum atomic E-state index is 12.7. The van der Waals surface area contributed by atoms with Crippen LogP contribution in [0.15, 0.2) is 46.3 Å². The van der Waals surface area contributed by atoms with Crippen LogP contribution in [0, 0.1) is 0 Å². The molecule has 1 aromatic carbocycles. The number of rotatable bonds is 7. The number of aromatic nitrogens is 1. The van der Waals surface area contributed by atoms with Gasteiger partial charge in [0, 0.05) is 19.3 Å². The van der Waals surface area contributed by atoms with Crippen molar-refractivity contribution in [1.82, 2.24) is 14.1 Å². The van der Waals surface area contributed by atoms with Crippen molar-refractivity contribution < 1.29 is 26.4 Å². The zero-order valence-corrected chi connectivity index (χ0v) is 18.9. The largest absolute Gasteiger partial charge is 0.465 e. The number of piperidine rings is 1. The third-order valence-corrected chi connectivity index (χ3v) is 8.26. The van der Waals surface area contributed by atoms with Crippen LogP contribution in [-0.4, -0.2) is 52.3 Å². The molecule has 2 aromatic rings. The summed E-state index contributed by atoms with van der Waals surface area (Å²) >= 11 is 5.97. The molecule has 1 aliphatic heterocycles. The molecule has 168 valence electrons. The number of anilines is 1. The fraction of sp³-hybridized carbons (Fsp3) is 0.333. The van der Waals surface area contributed by atoms with Gasteiger partial charge in [-0.3, -0.25) is 5.43 Å². The van der Waals surface area contributed by atoms with Crippen LogP contribution in [0.1, 0.15) is 29.6 Å². The Kier molecular flexibility index (Phi) is 7.17. The number of benzene rings is 1. The number of esters is 1. The van der Waals surface area contributed by atoms with E-state index in [0.29, 0.717) is 13.1 Å². The lowest BCUT2D eigenvalue weighted by atomic mass is 10.2. The molecule has 13 heteroatoms. The highest BCUT2D eigenvalue weighted by atomic mass is 35.5. The summed E-state index contributed by atoms with van der Waals surface area (Å²) in [6.45, 7) is 0.932. The molecule has 1 fully saturated rings. The van der Waals surface area contributed by atoms with Gasteiger partial charge in [-0.2, -0.15) is 4.31 Å². The van der Waals surface area contributed by atoms with E-state index in [1.54, 1.807) is 0 Å². The molecule has 0 amide bonds. The van der Waals surface area contributed by atoms with Gasteiger partial charge in [0.2, 0.25) is 10.0 Å². The van der Waals surface area contributed by atoms with E-state index in [2.05, 4.69) is 20.0 Å². The van der Waals surface area contributed by atoms with Crippen LogP contribution in [0.4, 0.5) is 5.82 Å². The van der Waals surface area contributed by atoms with E-state index < -0.39 is 26.0 Å². The van der Waals surface area contributed by atoms with Gasteiger partial charge in [-0.15, -0.1) is 4.83 Å². The van der Waals surface area contributed by atoms with Crippen molar-refractivity contribution in [3.63, 3.8) is 0 Å². The number of hydrogen-bond acceptors (Lipinski definition) is 8. The molecule has 1 aromatic heterocycles. The van der Waals surface area contributed by atoms with Crippen molar-refractivity contribution in [1.29, 1.82) is 0 Å². The van der Waals surface area contributed by atoms with E-state index in [1.165, 1.54) is 35.7 Å². The number of sulfonamides is 2. The number of hydrazine groups is 1. The van der Waals surface area contributed by atoms with E-state index in [-0.39, 0.29) is 26.2 Å². The second kappa shape index (κ2) is 9.49. The Bertz CT molecular complexity index is 1160. The van der Waals surface area contributed by atoms with Crippen molar-refractivity contribution in [2.75, 3.05) is 25.6 Å². The van der Waals surface area contributed by atoms with E-state index in [4.69, 9.17) is 11.6 Å². The zero-order chi connectivity index (χ0) is 22.6. The number of halogens is 1. The predicted molar refractivity (Wildman–Crippen MR) is 114 cm³/mol. The summed E-state index contributed by atoms with van der Waals surface area (Å²) in [6, 6.07) is 6.37. The molecule has 3 rings (SSSR count). The number of nitrogens with one attached hydrogen (secondary N) is 2. The first-order valence-corrected chi connectivity index (χ1v) is 12.6. The summed E-state index contributed by atoms with van der Waals surface area (Å²) in [5.41, 5.74) is 2.41. The number of nitrogens with zero attached hydrogens (tertiary/aromatic N) is 2. The Hall–Kier alpha value is -2.25. The molecule has 0 aliphatic carbocycles. The Morgan fingerprint density at radius 1 is 1.10 bits per heavy atom. The van der Waals surface area contributed by atoms with E-state index in [0.717, 1.165) is 31.5 Å². The van der Waals surface area contributed by atoms with Gasteiger partial charge < -0.3 is 4.74 Å². The van der Waals surface area contributed by atoms with Gasteiger partial charge >= 0.3 is 5.97 Å². The first-order valence-electron chi connectivity index (χ1n) is 9.27. The first-order chi connectivity index (χ1) is 14.6.